The van der Waals surface area contributed by atoms with E-state index < -0.39 is 5.60 Å². The molecular weight excluding hydrogens is 364 g/mol. The molecular formula is C24H30N2O3. The van der Waals surface area contributed by atoms with Crippen LogP contribution in [0.1, 0.15) is 45.6 Å². The van der Waals surface area contributed by atoms with Gasteiger partial charge in [0, 0.05) is 30.8 Å². The summed E-state index contributed by atoms with van der Waals surface area (Å²) in [7, 11) is 1.79. The first-order valence-electron chi connectivity index (χ1n) is 10.4. The number of hydrogen-bond acceptors (Lipinski definition) is 4. The Hall–Kier alpha value is -2.42. The lowest BCUT2D eigenvalue weighted by Crippen LogP contribution is -2.55. The van der Waals surface area contributed by atoms with Gasteiger partial charge in [0.1, 0.15) is 0 Å². The molecule has 0 bridgehead atoms. The number of ether oxygens (including phenoxy) is 1. The lowest BCUT2D eigenvalue weighted by atomic mass is 9.72. The first-order chi connectivity index (χ1) is 13.9. The van der Waals surface area contributed by atoms with Gasteiger partial charge < -0.3 is 14.7 Å². The van der Waals surface area contributed by atoms with Gasteiger partial charge in [0.25, 0.3) is 0 Å². The molecule has 0 aromatic heterocycles. The second-order valence-corrected chi connectivity index (χ2v) is 8.17. The molecule has 0 radical (unpaired) electrons. The Morgan fingerprint density at radius 3 is 2.59 bits per heavy atom. The van der Waals surface area contributed by atoms with E-state index in [0.29, 0.717) is 18.4 Å². The van der Waals surface area contributed by atoms with E-state index in [4.69, 9.17) is 4.74 Å². The van der Waals surface area contributed by atoms with Crippen LogP contribution in [0.15, 0.2) is 36.4 Å². The standard InChI is InChI=1S/C24H30N2O3/c1-5-24(12-13-27)21(14-16(2)17(3)29-24)23(28)26(4)22-11-10-18(15-25)19-8-6-7-9-20(19)22/h6-11,16-17,21,27H,5,12-14H2,1-4H3. The van der Waals surface area contributed by atoms with E-state index >= 15 is 0 Å². The number of nitrogens with zero attached hydrogens (tertiary/aromatic N) is 2. The van der Waals surface area contributed by atoms with Crippen molar-refractivity contribution in [3.8, 4) is 6.07 Å². The molecule has 1 heterocycles. The number of anilines is 1. The van der Waals surface area contributed by atoms with Crippen molar-refractivity contribution in [1.29, 1.82) is 5.26 Å². The summed E-state index contributed by atoms with van der Waals surface area (Å²) >= 11 is 0. The molecule has 154 valence electrons. The van der Waals surface area contributed by atoms with E-state index in [1.807, 2.05) is 44.2 Å². The lowest BCUT2D eigenvalue weighted by Gasteiger charge is -2.48. The maximum Gasteiger partial charge on any atom is 0.232 e. The SMILES string of the molecule is CCC1(CCO)OC(C)C(C)CC1C(=O)N(C)c1ccc(C#N)c2ccccc12. The number of amides is 1. The van der Waals surface area contributed by atoms with Crippen molar-refractivity contribution >= 4 is 22.4 Å². The van der Waals surface area contributed by atoms with Crippen LogP contribution in [-0.2, 0) is 9.53 Å². The monoisotopic (exact) mass is 394 g/mol. The van der Waals surface area contributed by atoms with Crippen LogP contribution in [0.2, 0.25) is 0 Å². The minimum absolute atomic E-state index is 0.00564. The Morgan fingerprint density at radius 1 is 1.28 bits per heavy atom. The highest BCUT2D eigenvalue weighted by atomic mass is 16.5. The van der Waals surface area contributed by atoms with E-state index in [1.165, 1.54) is 0 Å². The van der Waals surface area contributed by atoms with Crippen molar-refractivity contribution in [1.82, 2.24) is 0 Å². The molecule has 2 aromatic rings. The Bertz CT molecular complexity index is 935. The van der Waals surface area contributed by atoms with Gasteiger partial charge in [-0.3, -0.25) is 4.79 Å². The Balaban J connectivity index is 2.03. The molecule has 2 aromatic carbocycles. The second-order valence-electron chi connectivity index (χ2n) is 8.17. The van der Waals surface area contributed by atoms with Crippen LogP contribution in [0.3, 0.4) is 0 Å². The molecule has 29 heavy (non-hydrogen) atoms. The van der Waals surface area contributed by atoms with Crippen molar-refractivity contribution in [3.05, 3.63) is 42.0 Å². The average Bonchev–Trinajstić information content (AvgIpc) is 2.74. The average molecular weight is 395 g/mol. The number of carbonyl (C=O) groups excluding carboxylic acids is 1. The fraction of sp³-hybridized carbons (Fsp3) is 0.500. The summed E-state index contributed by atoms with van der Waals surface area (Å²) in [5, 5.41) is 20.8. The summed E-state index contributed by atoms with van der Waals surface area (Å²) in [5.41, 5.74) is 0.718. The fourth-order valence-electron chi connectivity index (χ4n) is 4.63. The molecule has 0 aliphatic carbocycles. The fourth-order valence-corrected chi connectivity index (χ4v) is 4.63. The molecule has 1 aliphatic heterocycles. The van der Waals surface area contributed by atoms with Gasteiger partial charge in [-0.15, -0.1) is 0 Å². The van der Waals surface area contributed by atoms with Gasteiger partial charge in [-0.2, -0.15) is 5.26 Å². The molecule has 0 saturated carbocycles. The van der Waals surface area contributed by atoms with Crippen LogP contribution < -0.4 is 4.90 Å². The molecule has 4 atom stereocenters. The predicted octanol–water partition coefficient (Wildman–Crippen LogP) is 4.27. The summed E-state index contributed by atoms with van der Waals surface area (Å²) in [4.78, 5) is 15.4. The van der Waals surface area contributed by atoms with Gasteiger partial charge in [-0.25, -0.2) is 0 Å². The van der Waals surface area contributed by atoms with E-state index in [0.717, 1.165) is 22.9 Å². The highest BCUT2D eigenvalue weighted by Crippen LogP contribution is 2.43. The van der Waals surface area contributed by atoms with E-state index in [9.17, 15) is 15.2 Å². The van der Waals surface area contributed by atoms with Gasteiger partial charge in [0.15, 0.2) is 0 Å². The highest BCUT2D eigenvalue weighted by molar-refractivity contribution is 6.06. The van der Waals surface area contributed by atoms with Gasteiger partial charge in [-0.1, -0.05) is 38.1 Å². The third-order valence-corrected chi connectivity index (χ3v) is 6.61. The first-order valence-corrected chi connectivity index (χ1v) is 10.4. The molecule has 1 amide bonds. The normalized spacial score (nSPS) is 26.8. The molecule has 1 saturated heterocycles. The number of fused-ring (bicyclic) bond motifs is 1. The second kappa shape index (κ2) is 8.52. The third-order valence-electron chi connectivity index (χ3n) is 6.61. The zero-order chi connectivity index (χ0) is 21.2. The van der Waals surface area contributed by atoms with Gasteiger partial charge in [-0.05, 0) is 37.8 Å². The number of nitriles is 1. The number of aliphatic hydroxyl groups excluding tert-OH is 1. The van der Waals surface area contributed by atoms with Crippen molar-refractivity contribution in [2.24, 2.45) is 11.8 Å². The topological polar surface area (TPSA) is 73.6 Å². The van der Waals surface area contributed by atoms with Gasteiger partial charge in [0.05, 0.1) is 34.9 Å². The van der Waals surface area contributed by atoms with E-state index in [2.05, 4.69) is 13.0 Å². The van der Waals surface area contributed by atoms with Crippen LogP contribution in [0.4, 0.5) is 5.69 Å². The Morgan fingerprint density at radius 2 is 1.97 bits per heavy atom. The Labute approximate surface area is 172 Å². The summed E-state index contributed by atoms with van der Waals surface area (Å²) in [6, 6.07) is 13.5. The summed E-state index contributed by atoms with van der Waals surface area (Å²) < 4.78 is 6.37. The maximum absolute atomic E-state index is 13.7. The van der Waals surface area contributed by atoms with Gasteiger partial charge in [0.2, 0.25) is 5.91 Å². The number of benzene rings is 2. The van der Waals surface area contributed by atoms with Crippen LogP contribution in [-0.4, -0.2) is 36.4 Å². The van der Waals surface area contributed by atoms with Crippen LogP contribution in [0, 0.1) is 23.2 Å². The first kappa shape index (κ1) is 21.3. The molecule has 3 rings (SSSR count). The minimum atomic E-state index is -0.658. The minimum Gasteiger partial charge on any atom is -0.396 e. The molecule has 1 aliphatic rings. The number of rotatable bonds is 5. The molecule has 1 N–H and O–H groups in total. The van der Waals surface area contributed by atoms with Gasteiger partial charge >= 0.3 is 0 Å². The van der Waals surface area contributed by atoms with Crippen LogP contribution in [0.5, 0.6) is 0 Å². The third kappa shape index (κ3) is 3.75. The highest BCUT2D eigenvalue weighted by Gasteiger charge is 2.49. The molecule has 4 unspecified atom stereocenters. The number of carbonyl (C=O) groups is 1. The number of hydrogen-bond donors (Lipinski definition) is 1. The lowest BCUT2D eigenvalue weighted by molar-refractivity contribution is -0.189. The zero-order valence-corrected chi connectivity index (χ0v) is 17.7. The van der Waals surface area contributed by atoms with E-state index in [-0.39, 0.29) is 30.5 Å². The summed E-state index contributed by atoms with van der Waals surface area (Å²) in [6.45, 7) is 6.17. The largest absolute Gasteiger partial charge is 0.396 e. The molecule has 0 spiro atoms. The molecule has 5 nitrogen and oxygen atoms in total. The van der Waals surface area contributed by atoms with Crippen molar-refractivity contribution in [2.45, 2.75) is 51.7 Å². The zero-order valence-electron chi connectivity index (χ0n) is 17.7. The number of aliphatic hydroxyl groups is 1. The van der Waals surface area contributed by atoms with Crippen molar-refractivity contribution in [3.63, 3.8) is 0 Å². The van der Waals surface area contributed by atoms with E-state index in [1.54, 1.807) is 18.0 Å². The molecule has 5 heteroatoms. The van der Waals surface area contributed by atoms with Crippen molar-refractivity contribution in [2.75, 3.05) is 18.6 Å². The maximum atomic E-state index is 13.7. The van der Waals surface area contributed by atoms with Crippen molar-refractivity contribution < 1.29 is 14.6 Å². The quantitative estimate of drug-likeness (QED) is 0.822. The predicted molar refractivity (Wildman–Crippen MR) is 115 cm³/mol. The molecule has 1 fully saturated rings. The summed E-state index contributed by atoms with van der Waals surface area (Å²) in [6.07, 6.45) is 1.89. The smallest absolute Gasteiger partial charge is 0.232 e. The summed E-state index contributed by atoms with van der Waals surface area (Å²) in [5.74, 6) is -0.0763. The van der Waals surface area contributed by atoms with Crippen LogP contribution in [0.25, 0.3) is 10.8 Å². The van der Waals surface area contributed by atoms with Crippen LogP contribution >= 0.6 is 0 Å². The Kier molecular flexibility index (Phi) is 6.26.